The predicted molar refractivity (Wildman–Crippen MR) is 100 cm³/mol. The normalized spacial score (nSPS) is 18.8. The van der Waals surface area contributed by atoms with Crippen molar-refractivity contribution in [3.05, 3.63) is 30.3 Å². The Bertz CT molecular complexity index is 737. The van der Waals surface area contributed by atoms with Gasteiger partial charge in [0, 0.05) is 12.2 Å². The van der Waals surface area contributed by atoms with Gasteiger partial charge in [-0.25, -0.2) is 4.39 Å². The Hall–Kier alpha value is -2.77. The Labute approximate surface area is 162 Å². The molecule has 1 aromatic rings. The second kappa shape index (κ2) is 9.43. The second-order valence-corrected chi connectivity index (χ2v) is 7.25. The molecule has 0 radical (unpaired) electrons. The molecule has 0 bridgehead atoms. The molecule has 1 fully saturated rings. The monoisotopic (exact) mass is 392 g/mol. The first-order chi connectivity index (χ1) is 13.3. The number of hydrogen-bond donors (Lipinski definition) is 2. The van der Waals surface area contributed by atoms with E-state index in [4.69, 9.17) is 5.11 Å². The van der Waals surface area contributed by atoms with Crippen molar-refractivity contribution in [3.63, 3.8) is 0 Å². The molecule has 1 aliphatic heterocycles. The van der Waals surface area contributed by atoms with Gasteiger partial charge in [-0.3, -0.25) is 19.2 Å². The molecular formula is C20H25FN2O5. The van der Waals surface area contributed by atoms with Gasteiger partial charge in [0.1, 0.15) is 12.7 Å². The number of para-hydroxylation sites is 1. The SMILES string of the molecule is CC(C)[C@@H](C(=O)NC(CC(=O)O)C(=O)CF)C1CCN(c2ccccc2)C1=O. The summed E-state index contributed by atoms with van der Waals surface area (Å²) in [6.07, 6.45) is -0.237. The quantitative estimate of drug-likeness (QED) is 0.667. The van der Waals surface area contributed by atoms with E-state index in [-0.39, 0.29) is 11.8 Å². The van der Waals surface area contributed by atoms with E-state index in [0.717, 1.165) is 5.69 Å². The van der Waals surface area contributed by atoms with Crippen LogP contribution in [0.25, 0.3) is 0 Å². The molecule has 1 aromatic carbocycles. The zero-order valence-electron chi connectivity index (χ0n) is 15.9. The van der Waals surface area contributed by atoms with Crippen LogP contribution >= 0.6 is 0 Å². The summed E-state index contributed by atoms with van der Waals surface area (Å²) in [7, 11) is 0. The van der Waals surface area contributed by atoms with Crippen LogP contribution in [0.5, 0.6) is 0 Å². The van der Waals surface area contributed by atoms with Crippen LogP contribution < -0.4 is 10.2 Å². The summed E-state index contributed by atoms with van der Waals surface area (Å²) >= 11 is 0. The summed E-state index contributed by atoms with van der Waals surface area (Å²) in [5, 5.41) is 11.3. The fourth-order valence-electron chi connectivity index (χ4n) is 3.63. The average molecular weight is 392 g/mol. The van der Waals surface area contributed by atoms with E-state index in [9.17, 15) is 23.6 Å². The number of aliphatic carboxylic acids is 1. The van der Waals surface area contributed by atoms with Gasteiger partial charge < -0.3 is 15.3 Å². The third kappa shape index (κ3) is 4.94. The van der Waals surface area contributed by atoms with E-state index in [0.29, 0.717) is 13.0 Å². The van der Waals surface area contributed by atoms with Gasteiger partial charge >= 0.3 is 5.97 Å². The highest BCUT2D eigenvalue weighted by atomic mass is 19.1. The van der Waals surface area contributed by atoms with Crippen LogP contribution in [-0.4, -0.2) is 47.9 Å². The lowest BCUT2D eigenvalue weighted by Crippen LogP contribution is -2.49. The Morgan fingerprint density at radius 3 is 2.43 bits per heavy atom. The predicted octanol–water partition coefficient (Wildman–Crippen LogP) is 1.81. The van der Waals surface area contributed by atoms with Crippen LogP contribution in [0.3, 0.4) is 0 Å². The van der Waals surface area contributed by atoms with Crippen molar-refractivity contribution in [2.75, 3.05) is 18.1 Å². The van der Waals surface area contributed by atoms with E-state index < -0.39 is 48.6 Å². The van der Waals surface area contributed by atoms with Crippen molar-refractivity contribution in [3.8, 4) is 0 Å². The third-order valence-corrected chi connectivity index (χ3v) is 4.98. The maximum Gasteiger partial charge on any atom is 0.305 e. The molecule has 152 valence electrons. The molecule has 2 amide bonds. The lowest BCUT2D eigenvalue weighted by Gasteiger charge is -2.27. The van der Waals surface area contributed by atoms with Crippen molar-refractivity contribution in [2.45, 2.75) is 32.7 Å². The molecule has 0 spiro atoms. The van der Waals surface area contributed by atoms with E-state index >= 15 is 0 Å². The smallest absolute Gasteiger partial charge is 0.305 e. The number of carbonyl (C=O) groups is 4. The van der Waals surface area contributed by atoms with Crippen LogP contribution in [0.15, 0.2) is 30.3 Å². The molecule has 1 saturated heterocycles. The van der Waals surface area contributed by atoms with E-state index in [1.165, 1.54) is 0 Å². The molecule has 2 rings (SSSR count). The zero-order valence-corrected chi connectivity index (χ0v) is 15.9. The molecule has 1 heterocycles. The summed E-state index contributed by atoms with van der Waals surface area (Å²) in [5.41, 5.74) is 0.745. The van der Waals surface area contributed by atoms with Crippen LogP contribution in [0, 0.1) is 17.8 Å². The van der Waals surface area contributed by atoms with Crippen LogP contribution in [0.1, 0.15) is 26.7 Å². The maximum absolute atomic E-state index is 12.9. The number of nitrogens with one attached hydrogen (secondary N) is 1. The third-order valence-electron chi connectivity index (χ3n) is 4.98. The van der Waals surface area contributed by atoms with Crippen molar-refractivity contribution >= 4 is 29.3 Å². The number of rotatable bonds is 9. The van der Waals surface area contributed by atoms with E-state index in [2.05, 4.69) is 5.32 Å². The number of carbonyl (C=O) groups excluding carboxylic acids is 3. The molecule has 28 heavy (non-hydrogen) atoms. The van der Waals surface area contributed by atoms with Gasteiger partial charge in [-0.1, -0.05) is 32.0 Å². The van der Waals surface area contributed by atoms with Crippen molar-refractivity contribution in [2.24, 2.45) is 17.8 Å². The van der Waals surface area contributed by atoms with Crippen LogP contribution in [-0.2, 0) is 19.2 Å². The Kier molecular flexibility index (Phi) is 7.25. The summed E-state index contributed by atoms with van der Waals surface area (Å²) in [6, 6.07) is 7.67. The lowest BCUT2D eigenvalue weighted by atomic mass is 9.81. The highest BCUT2D eigenvalue weighted by Gasteiger charge is 2.43. The number of alkyl halides is 1. The van der Waals surface area contributed by atoms with E-state index in [1.807, 2.05) is 30.3 Å². The van der Waals surface area contributed by atoms with Gasteiger partial charge in [0.2, 0.25) is 11.8 Å². The summed E-state index contributed by atoms with van der Waals surface area (Å²) < 4.78 is 12.7. The minimum absolute atomic E-state index is 0.188. The Balaban J connectivity index is 2.18. The number of nitrogens with zero attached hydrogens (tertiary/aromatic N) is 1. The minimum atomic E-state index is -1.45. The van der Waals surface area contributed by atoms with Gasteiger partial charge in [-0.15, -0.1) is 0 Å². The molecule has 7 nitrogen and oxygen atoms in total. The summed E-state index contributed by atoms with van der Waals surface area (Å²) in [6.45, 7) is 2.67. The molecule has 0 aromatic heterocycles. The summed E-state index contributed by atoms with van der Waals surface area (Å²) in [4.78, 5) is 50.0. The number of halogens is 1. The van der Waals surface area contributed by atoms with E-state index in [1.54, 1.807) is 18.7 Å². The van der Waals surface area contributed by atoms with Gasteiger partial charge in [-0.2, -0.15) is 0 Å². The van der Waals surface area contributed by atoms with Crippen LogP contribution in [0.2, 0.25) is 0 Å². The largest absolute Gasteiger partial charge is 0.481 e. The average Bonchev–Trinajstić information content (AvgIpc) is 3.02. The fraction of sp³-hybridized carbons (Fsp3) is 0.500. The molecule has 1 aliphatic rings. The number of carboxylic acid groups (broad SMARTS) is 1. The molecule has 3 atom stereocenters. The van der Waals surface area contributed by atoms with Crippen molar-refractivity contribution < 1.29 is 28.7 Å². The number of carboxylic acids is 1. The van der Waals surface area contributed by atoms with Crippen molar-refractivity contribution in [1.82, 2.24) is 5.32 Å². The van der Waals surface area contributed by atoms with Crippen LogP contribution in [0.4, 0.5) is 10.1 Å². The molecule has 8 heteroatoms. The molecule has 2 unspecified atom stereocenters. The van der Waals surface area contributed by atoms with Gasteiger partial charge in [0.05, 0.1) is 18.3 Å². The number of amides is 2. The topological polar surface area (TPSA) is 104 Å². The Morgan fingerprint density at radius 1 is 1.25 bits per heavy atom. The second-order valence-electron chi connectivity index (χ2n) is 7.25. The number of Topliss-reactive ketones (excluding diaryl/α,β-unsaturated/α-hetero) is 1. The van der Waals surface area contributed by atoms with Gasteiger partial charge in [-0.05, 0) is 24.5 Å². The standard InChI is InChI=1S/C20H25FN2O5/c1-12(2)18(19(27)22-15(10-17(25)26)16(24)11-21)14-8-9-23(20(14)28)13-6-4-3-5-7-13/h3-7,12,14-15,18H,8-11H2,1-2H3,(H,22,27)(H,25,26)/t14?,15?,18-/m1/s1. The highest BCUT2D eigenvalue weighted by Crippen LogP contribution is 2.33. The number of anilines is 1. The van der Waals surface area contributed by atoms with Crippen molar-refractivity contribution in [1.29, 1.82) is 0 Å². The zero-order chi connectivity index (χ0) is 20.8. The number of hydrogen-bond acceptors (Lipinski definition) is 4. The summed E-state index contributed by atoms with van der Waals surface area (Å²) in [5.74, 6) is -4.67. The first kappa shape index (κ1) is 21.5. The first-order valence-electron chi connectivity index (χ1n) is 9.23. The Morgan fingerprint density at radius 2 is 1.89 bits per heavy atom. The molecule has 2 N–H and O–H groups in total. The molecule has 0 saturated carbocycles. The molecule has 0 aliphatic carbocycles. The number of benzene rings is 1. The fourth-order valence-corrected chi connectivity index (χ4v) is 3.63. The first-order valence-corrected chi connectivity index (χ1v) is 9.23. The number of ketones is 1. The van der Waals surface area contributed by atoms with Gasteiger partial charge in [0.15, 0.2) is 5.78 Å². The minimum Gasteiger partial charge on any atom is -0.481 e. The molecular weight excluding hydrogens is 367 g/mol. The maximum atomic E-state index is 12.9. The lowest BCUT2D eigenvalue weighted by molar-refractivity contribution is -0.141. The highest BCUT2D eigenvalue weighted by molar-refractivity contribution is 6.01. The van der Waals surface area contributed by atoms with Gasteiger partial charge in [0.25, 0.3) is 0 Å².